The van der Waals surface area contributed by atoms with Gasteiger partial charge in [-0.15, -0.1) is 0 Å². The van der Waals surface area contributed by atoms with Gasteiger partial charge >= 0.3 is 0 Å². The van der Waals surface area contributed by atoms with Crippen molar-refractivity contribution in [1.82, 2.24) is 10.2 Å². The zero-order chi connectivity index (χ0) is 17.2. The van der Waals surface area contributed by atoms with Gasteiger partial charge in [0.1, 0.15) is 0 Å². The van der Waals surface area contributed by atoms with Crippen LogP contribution >= 0.6 is 0 Å². The van der Waals surface area contributed by atoms with Gasteiger partial charge in [0.05, 0.1) is 16.2 Å². The third-order valence-electron chi connectivity index (χ3n) is 5.23. The summed E-state index contributed by atoms with van der Waals surface area (Å²) in [6.45, 7) is 5.33. The van der Waals surface area contributed by atoms with E-state index in [-0.39, 0.29) is 16.6 Å². The van der Waals surface area contributed by atoms with Crippen molar-refractivity contribution in [2.24, 2.45) is 11.8 Å². The Kier molecular flexibility index (Phi) is 5.25. The molecule has 2 saturated heterocycles. The molecular formula is C18H26N2O3S. The largest absolute Gasteiger partial charge is 0.339 e. The Balaban J connectivity index is 1.83. The molecule has 1 amide bonds. The average molecular weight is 350 g/mol. The molecule has 3 rings (SSSR count). The SMILES string of the molecule is CCCS(=O)(=O)c1ccccc1C(=O)N1CC[C@@H]2CNC[C@@H]2CC1. The number of carbonyl (C=O) groups excluding carboxylic acids is 1. The first-order valence-electron chi connectivity index (χ1n) is 8.84. The molecule has 0 radical (unpaired) electrons. The van der Waals surface area contributed by atoms with E-state index in [0.717, 1.165) is 25.9 Å². The summed E-state index contributed by atoms with van der Waals surface area (Å²) < 4.78 is 25.0. The molecule has 0 saturated carbocycles. The average Bonchev–Trinajstić information content (AvgIpc) is 2.93. The number of sulfone groups is 1. The molecular weight excluding hydrogens is 324 g/mol. The predicted octanol–water partition coefficient (Wildman–Crippen LogP) is 1.94. The molecule has 0 spiro atoms. The Morgan fingerprint density at radius 2 is 1.79 bits per heavy atom. The first-order chi connectivity index (χ1) is 11.5. The molecule has 5 nitrogen and oxygen atoms in total. The molecule has 0 unspecified atom stereocenters. The molecule has 2 fully saturated rings. The highest BCUT2D eigenvalue weighted by molar-refractivity contribution is 7.91. The summed E-state index contributed by atoms with van der Waals surface area (Å²) in [5, 5.41) is 3.43. The van der Waals surface area contributed by atoms with Gasteiger partial charge in [0.25, 0.3) is 5.91 Å². The van der Waals surface area contributed by atoms with E-state index in [1.165, 1.54) is 0 Å². The van der Waals surface area contributed by atoms with Crippen LogP contribution in [0, 0.1) is 11.8 Å². The van der Waals surface area contributed by atoms with Gasteiger partial charge in [0.2, 0.25) is 0 Å². The second kappa shape index (κ2) is 7.23. The molecule has 1 aromatic carbocycles. The van der Waals surface area contributed by atoms with Crippen LogP contribution in [0.3, 0.4) is 0 Å². The fraction of sp³-hybridized carbons (Fsp3) is 0.611. The Morgan fingerprint density at radius 3 is 2.42 bits per heavy atom. The second-order valence-electron chi connectivity index (χ2n) is 6.86. The Hall–Kier alpha value is -1.40. The zero-order valence-electron chi connectivity index (χ0n) is 14.2. The van der Waals surface area contributed by atoms with Gasteiger partial charge in [-0.05, 0) is 56.3 Å². The summed E-state index contributed by atoms with van der Waals surface area (Å²) in [6.07, 6.45) is 2.53. The molecule has 0 aliphatic carbocycles. The molecule has 6 heteroatoms. The Morgan fingerprint density at radius 1 is 1.17 bits per heavy atom. The highest BCUT2D eigenvalue weighted by Crippen LogP contribution is 2.28. The van der Waals surface area contributed by atoms with E-state index >= 15 is 0 Å². The number of nitrogens with zero attached hydrogens (tertiary/aromatic N) is 1. The van der Waals surface area contributed by atoms with Crippen LogP contribution in [0.15, 0.2) is 29.2 Å². The van der Waals surface area contributed by atoms with Crippen molar-refractivity contribution in [3.8, 4) is 0 Å². The number of hydrogen-bond acceptors (Lipinski definition) is 4. The van der Waals surface area contributed by atoms with Gasteiger partial charge < -0.3 is 10.2 Å². The number of rotatable bonds is 4. The summed E-state index contributed by atoms with van der Waals surface area (Å²) in [7, 11) is -3.41. The molecule has 0 bridgehead atoms. The van der Waals surface area contributed by atoms with E-state index in [9.17, 15) is 13.2 Å². The van der Waals surface area contributed by atoms with Crippen LogP contribution in [0.1, 0.15) is 36.5 Å². The standard InChI is InChI=1S/C18H26N2O3S/c1-2-11-24(22,23)17-6-4-3-5-16(17)18(21)20-9-7-14-12-19-13-15(14)8-10-20/h3-6,14-15,19H,2,7-13H2,1H3/t14-,15+. The van der Waals surface area contributed by atoms with Crippen molar-refractivity contribution >= 4 is 15.7 Å². The van der Waals surface area contributed by atoms with Crippen molar-refractivity contribution in [2.45, 2.75) is 31.1 Å². The Bertz CT molecular complexity index is 688. The number of likely N-dealkylation sites (tertiary alicyclic amines) is 1. The minimum absolute atomic E-state index is 0.0765. The monoisotopic (exact) mass is 350 g/mol. The van der Waals surface area contributed by atoms with Crippen LogP contribution in [0.25, 0.3) is 0 Å². The zero-order valence-corrected chi connectivity index (χ0v) is 15.0. The van der Waals surface area contributed by atoms with Crippen LogP contribution < -0.4 is 5.32 Å². The minimum atomic E-state index is -3.41. The van der Waals surface area contributed by atoms with E-state index in [1.54, 1.807) is 24.3 Å². The number of hydrogen-bond donors (Lipinski definition) is 1. The maximum absolute atomic E-state index is 13.0. The van der Waals surface area contributed by atoms with Crippen molar-refractivity contribution < 1.29 is 13.2 Å². The van der Waals surface area contributed by atoms with E-state index in [1.807, 2.05) is 11.8 Å². The number of benzene rings is 1. The summed E-state index contributed by atoms with van der Waals surface area (Å²) >= 11 is 0. The number of amides is 1. The van der Waals surface area contributed by atoms with Gasteiger partial charge in [-0.3, -0.25) is 4.79 Å². The van der Waals surface area contributed by atoms with Crippen molar-refractivity contribution in [3.05, 3.63) is 29.8 Å². The molecule has 2 aliphatic heterocycles. The van der Waals surface area contributed by atoms with E-state index in [0.29, 0.717) is 36.9 Å². The lowest BCUT2D eigenvalue weighted by Crippen LogP contribution is -2.33. The van der Waals surface area contributed by atoms with Gasteiger partial charge in [-0.25, -0.2) is 8.42 Å². The fourth-order valence-corrected chi connectivity index (χ4v) is 5.42. The predicted molar refractivity (Wildman–Crippen MR) is 93.8 cm³/mol. The van der Waals surface area contributed by atoms with Crippen molar-refractivity contribution in [1.29, 1.82) is 0 Å². The lowest BCUT2D eigenvalue weighted by Gasteiger charge is -2.22. The lowest BCUT2D eigenvalue weighted by molar-refractivity contribution is 0.0754. The van der Waals surface area contributed by atoms with Gasteiger partial charge in [-0.2, -0.15) is 0 Å². The van der Waals surface area contributed by atoms with E-state index < -0.39 is 9.84 Å². The quantitative estimate of drug-likeness (QED) is 0.901. The van der Waals surface area contributed by atoms with Gasteiger partial charge in [-0.1, -0.05) is 19.1 Å². The Labute approximate surface area is 144 Å². The van der Waals surface area contributed by atoms with E-state index in [2.05, 4.69) is 5.32 Å². The number of nitrogens with one attached hydrogen (secondary N) is 1. The fourth-order valence-electron chi connectivity index (χ4n) is 3.88. The third-order valence-corrected chi connectivity index (χ3v) is 7.20. The lowest BCUT2D eigenvalue weighted by atomic mass is 9.92. The molecule has 2 heterocycles. The normalized spacial score (nSPS) is 24.5. The van der Waals surface area contributed by atoms with Crippen LogP contribution in [0.5, 0.6) is 0 Å². The highest BCUT2D eigenvalue weighted by atomic mass is 32.2. The van der Waals surface area contributed by atoms with Gasteiger partial charge in [0.15, 0.2) is 9.84 Å². The van der Waals surface area contributed by atoms with E-state index in [4.69, 9.17) is 0 Å². The first kappa shape index (κ1) is 17.4. The highest BCUT2D eigenvalue weighted by Gasteiger charge is 2.32. The van der Waals surface area contributed by atoms with Crippen LogP contribution in [-0.2, 0) is 9.84 Å². The summed E-state index contributed by atoms with van der Waals surface area (Å²) in [4.78, 5) is 15.0. The number of carbonyl (C=O) groups is 1. The van der Waals surface area contributed by atoms with Crippen LogP contribution in [0.2, 0.25) is 0 Å². The molecule has 24 heavy (non-hydrogen) atoms. The molecule has 132 valence electrons. The molecule has 0 aromatic heterocycles. The van der Waals surface area contributed by atoms with Gasteiger partial charge in [0, 0.05) is 13.1 Å². The first-order valence-corrected chi connectivity index (χ1v) is 10.5. The third kappa shape index (κ3) is 3.49. The summed E-state index contributed by atoms with van der Waals surface area (Å²) in [5.74, 6) is 1.22. The maximum Gasteiger partial charge on any atom is 0.255 e. The maximum atomic E-state index is 13.0. The van der Waals surface area contributed by atoms with Crippen LogP contribution in [-0.4, -0.2) is 51.2 Å². The van der Waals surface area contributed by atoms with Crippen molar-refractivity contribution in [3.63, 3.8) is 0 Å². The summed E-state index contributed by atoms with van der Waals surface area (Å²) in [6, 6.07) is 6.65. The van der Waals surface area contributed by atoms with Crippen LogP contribution in [0.4, 0.5) is 0 Å². The van der Waals surface area contributed by atoms with Crippen molar-refractivity contribution in [2.75, 3.05) is 31.9 Å². The summed E-state index contributed by atoms with van der Waals surface area (Å²) in [5.41, 5.74) is 0.330. The second-order valence-corrected chi connectivity index (χ2v) is 8.94. The molecule has 1 aromatic rings. The number of fused-ring (bicyclic) bond motifs is 1. The molecule has 2 aliphatic rings. The molecule has 1 N–H and O–H groups in total. The molecule has 2 atom stereocenters. The smallest absolute Gasteiger partial charge is 0.255 e. The topological polar surface area (TPSA) is 66.5 Å². The minimum Gasteiger partial charge on any atom is -0.339 e.